The summed E-state index contributed by atoms with van der Waals surface area (Å²) in [6.07, 6.45) is 5.99. The molecule has 6 atom stereocenters. The lowest BCUT2D eigenvalue weighted by Gasteiger charge is -2.31. The second kappa shape index (κ2) is 26.2. The Bertz CT molecular complexity index is 1620. The molecule has 0 fully saturated rings. The third-order valence-corrected chi connectivity index (χ3v) is 9.86. The zero-order chi connectivity index (χ0) is 45.8. The largest absolute Gasteiger partial charge is 0.469 e. The fourth-order valence-corrected chi connectivity index (χ4v) is 6.47. The summed E-state index contributed by atoms with van der Waals surface area (Å²) in [5, 5.41) is 29.5. The Balaban J connectivity index is 3.43. The number of phosphoric ester groups is 1. The highest BCUT2D eigenvalue weighted by molar-refractivity contribution is 7.46. The van der Waals surface area contributed by atoms with Crippen molar-refractivity contribution in [1.82, 2.24) is 35.7 Å². The van der Waals surface area contributed by atoms with Gasteiger partial charge in [0.2, 0.25) is 35.4 Å². The van der Waals surface area contributed by atoms with Gasteiger partial charge in [0.25, 0.3) is 0 Å². The fraction of sp³-hybridized carbons (Fsp3) is 0.711. The van der Waals surface area contributed by atoms with Crippen molar-refractivity contribution in [2.75, 3.05) is 26.4 Å². The van der Waals surface area contributed by atoms with Crippen molar-refractivity contribution in [2.45, 2.75) is 142 Å². The molecule has 0 saturated carbocycles. The van der Waals surface area contributed by atoms with Crippen molar-refractivity contribution in [2.24, 2.45) is 11.7 Å². The molecule has 1 aromatic rings. The molecular weight excluding hydrogens is 807 g/mol. The standard InChI is InChI=1S/C38H67N8O13P/c1-9-11-12-13-16-45-23-40-20-27(45)19-29(36(53)43-30(21-47)37(54)44-32(33(39)50)26(6)59-60(55,56)57)42-35(52)28(18-24(3)4)41-34(51)25(5)46(15-10-2)31(49)14-17-58-38(7,8)22-48/h9,20,23-26,28-30,32,47-48H,1,10-19,21-22H2,2-8H3,(H2,39,50)(H,41,51)(H,42,52)(H,43,53)(H,44,54)(H2,55,56,57)/t25-,26?,28-,29-,30-,32-/m0/s1. The summed E-state index contributed by atoms with van der Waals surface area (Å²) < 4.78 is 23.2. The van der Waals surface area contributed by atoms with E-state index in [0.29, 0.717) is 18.7 Å². The van der Waals surface area contributed by atoms with Crippen molar-refractivity contribution < 1.29 is 62.6 Å². The number of rotatable bonds is 30. The van der Waals surface area contributed by atoms with E-state index in [9.17, 15) is 53.3 Å². The monoisotopic (exact) mass is 874 g/mol. The summed E-state index contributed by atoms with van der Waals surface area (Å²) in [4.78, 5) is 104. The van der Waals surface area contributed by atoms with Gasteiger partial charge in [-0.25, -0.2) is 9.55 Å². The molecule has 0 aliphatic carbocycles. The Kier molecular flexibility index (Phi) is 23.5. The molecule has 1 aromatic heterocycles. The lowest BCUT2D eigenvalue weighted by atomic mass is 10.0. The van der Waals surface area contributed by atoms with Gasteiger partial charge in [0.15, 0.2) is 0 Å². The Labute approximate surface area is 351 Å². The first-order valence-electron chi connectivity index (χ1n) is 20.0. The number of nitrogens with one attached hydrogen (secondary N) is 4. The predicted molar refractivity (Wildman–Crippen MR) is 219 cm³/mol. The van der Waals surface area contributed by atoms with Crippen LogP contribution in [0.2, 0.25) is 0 Å². The van der Waals surface area contributed by atoms with E-state index < -0.39 is 85.9 Å². The number of phosphoric acid groups is 1. The van der Waals surface area contributed by atoms with Gasteiger partial charge in [0.05, 0.1) is 44.3 Å². The highest BCUT2D eigenvalue weighted by atomic mass is 31.2. The highest BCUT2D eigenvalue weighted by Gasteiger charge is 2.36. The highest BCUT2D eigenvalue weighted by Crippen LogP contribution is 2.38. The van der Waals surface area contributed by atoms with Crippen LogP contribution in [0.3, 0.4) is 0 Å². The molecule has 60 heavy (non-hydrogen) atoms. The molecule has 0 radical (unpaired) electrons. The normalized spacial score (nSPS) is 14.9. The number of nitrogens with zero attached hydrogens (tertiary/aromatic N) is 3. The van der Waals surface area contributed by atoms with E-state index in [-0.39, 0.29) is 50.8 Å². The van der Waals surface area contributed by atoms with Gasteiger partial charge in [-0.15, -0.1) is 6.58 Å². The third-order valence-electron chi connectivity index (χ3n) is 9.26. The zero-order valence-electron chi connectivity index (χ0n) is 35.8. The molecule has 0 aromatic carbocycles. The molecular formula is C38H67N8O13P. The van der Waals surface area contributed by atoms with Crippen molar-refractivity contribution in [1.29, 1.82) is 0 Å². The minimum absolute atomic E-state index is 0.00513. The van der Waals surface area contributed by atoms with E-state index in [2.05, 4.69) is 37.4 Å². The smallest absolute Gasteiger partial charge is 0.394 e. The lowest BCUT2D eigenvalue weighted by Crippen LogP contribution is -2.61. The number of imidazole rings is 1. The number of aromatic nitrogens is 2. The second-order valence-electron chi connectivity index (χ2n) is 15.5. The van der Waals surface area contributed by atoms with Gasteiger partial charge in [-0.3, -0.25) is 33.3 Å². The lowest BCUT2D eigenvalue weighted by molar-refractivity contribution is -0.143. The minimum atomic E-state index is -5.12. The number of amides is 6. The molecule has 0 aliphatic rings. The molecule has 0 aliphatic heterocycles. The van der Waals surface area contributed by atoms with Gasteiger partial charge in [0.1, 0.15) is 30.2 Å². The van der Waals surface area contributed by atoms with Crippen LogP contribution in [0.4, 0.5) is 0 Å². The quantitative estimate of drug-likeness (QED) is 0.0269. The molecule has 0 spiro atoms. The molecule has 1 rings (SSSR count). The average Bonchev–Trinajstić information content (AvgIpc) is 3.60. The summed E-state index contributed by atoms with van der Waals surface area (Å²) in [7, 11) is -5.12. The van der Waals surface area contributed by atoms with E-state index in [1.54, 1.807) is 30.8 Å². The third kappa shape index (κ3) is 19.4. The maximum absolute atomic E-state index is 14.1. The number of hydrogen-bond donors (Lipinski definition) is 9. The number of aryl methyl sites for hydroxylation is 1. The van der Waals surface area contributed by atoms with Gasteiger partial charge >= 0.3 is 7.82 Å². The number of hydrogen-bond acceptors (Lipinski definition) is 12. The van der Waals surface area contributed by atoms with Crippen LogP contribution < -0.4 is 27.0 Å². The van der Waals surface area contributed by atoms with Crippen LogP contribution in [0.5, 0.6) is 0 Å². The van der Waals surface area contributed by atoms with E-state index in [0.717, 1.165) is 26.2 Å². The second-order valence-corrected chi connectivity index (χ2v) is 16.7. The van der Waals surface area contributed by atoms with E-state index in [1.807, 2.05) is 20.8 Å². The van der Waals surface area contributed by atoms with E-state index >= 15 is 0 Å². The number of aliphatic hydroxyl groups excluding tert-OH is 2. The first-order chi connectivity index (χ1) is 28.0. The number of unbranched alkanes of at least 4 members (excludes halogenated alkanes) is 2. The average molecular weight is 875 g/mol. The van der Waals surface area contributed by atoms with Crippen LogP contribution in [0.1, 0.15) is 92.7 Å². The molecule has 0 saturated heterocycles. The molecule has 10 N–H and O–H groups in total. The number of nitrogens with two attached hydrogens (primary N) is 1. The van der Waals surface area contributed by atoms with Gasteiger partial charge in [0, 0.05) is 31.4 Å². The number of ether oxygens (including phenoxy) is 1. The number of primary amides is 1. The molecule has 21 nitrogen and oxygen atoms in total. The maximum atomic E-state index is 14.1. The number of allylic oxidation sites excluding steroid dienone is 1. The van der Waals surface area contributed by atoms with Crippen LogP contribution in [-0.2, 0) is 55.6 Å². The molecule has 0 bridgehead atoms. The molecule has 22 heteroatoms. The van der Waals surface area contributed by atoms with Crippen LogP contribution in [0.15, 0.2) is 25.2 Å². The van der Waals surface area contributed by atoms with E-state index in [4.69, 9.17) is 10.5 Å². The van der Waals surface area contributed by atoms with Crippen LogP contribution in [-0.4, -0.2) is 138 Å². The Morgan fingerprint density at radius 1 is 0.967 bits per heavy atom. The SMILES string of the molecule is C=CCCCCn1cncc1C[C@H](NC(=O)[C@H](CC(C)C)NC(=O)[C@H](C)N(CCC)C(=O)CCOC(C)(C)CO)C(=O)N[C@@H](CO)C(=O)N[C@H](C(N)=O)C(C)OP(=O)(O)O. The predicted octanol–water partition coefficient (Wildman–Crippen LogP) is -0.453. The molecule has 1 unspecified atom stereocenters. The van der Waals surface area contributed by atoms with Crippen LogP contribution in [0, 0.1) is 5.92 Å². The Morgan fingerprint density at radius 2 is 1.57 bits per heavy atom. The molecule has 342 valence electrons. The molecule has 6 amide bonds. The van der Waals surface area contributed by atoms with Crippen molar-refractivity contribution in [3.05, 3.63) is 30.9 Å². The number of carbonyl (C=O) groups is 6. The van der Waals surface area contributed by atoms with Gasteiger partial charge < -0.3 is 61.2 Å². The summed E-state index contributed by atoms with van der Waals surface area (Å²) >= 11 is 0. The van der Waals surface area contributed by atoms with Crippen molar-refractivity contribution in [3.8, 4) is 0 Å². The van der Waals surface area contributed by atoms with Gasteiger partial charge in [-0.1, -0.05) is 26.8 Å². The van der Waals surface area contributed by atoms with E-state index in [1.165, 1.54) is 18.0 Å². The Hall–Kier alpha value is -4.24. The first kappa shape index (κ1) is 53.8. The summed E-state index contributed by atoms with van der Waals surface area (Å²) in [6, 6.07) is -7.19. The van der Waals surface area contributed by atoms with Gasteiger partial charge in [-0.2, -0.15) is 0 Å². The summed E-state index contributed by atoms with van der Waals surface area (Å²) in [5.41, 5.74) is 4.99. The van der Waals surface area contributed by atoms with Crippen LogP contribution >= 0.6 is 7.82 Å². The maximum Gasteiger partial charge on any atom is 0.469 e. The zero-order valence-corrected chi connectivity index (χ0v) is 36.7. The number of aliphatic hydroxyl groups is 2. The molecule has 1 heterocycles. The fourth-order valence-electron chi connectivity index (χ4n) is 5.91. The van der Waals surface area contributed by atoms with Crippen molar-refractivity contribution in [3.63, 3.8) is 0 Å². The van der Waals surface area contributed by atoms with Crippen molar-refractivity contribution >= 4 is 43.3 Å². The number of carbonyl (C=O) groups excluding carboxylic acids is 6. The van der Waals surface area contributed by atoms with Gasteiger partial charge in [-0.05, 0) is 65.7 Å². The first-order valence-corrected chi connectivity index (χ1v) is 21.5. The minimum Gasteiger partial charge on any atom is -0.394 e. The summed E-state index contributed by atoms with van der Waals surface area (Å²) in [6.45, 7) is 14.6. The topological polar surface area (TPSA) is 314 Å². The Morgan fingerprint density at radius 3 is 2.12 bits per heavy atom. The van der Waals surface area contributed by atoms with Crippen LogP contribution in [0.25, 0.3) is 0 Å². The summed E-state index contributed by atoms with van der Waals surface area (Å²) in [5.74, 6) is -5.27.